The van der Waals surface area contributed by atoms with Gasteiger partial charge in [-0.25, -0.2) is 0 Å². The van der Waals surface area contributed by atoms with Crippen molar-refractivity contribution in [2.75, 3.05) is 0 Å². The van der Waals surface area contributed by atoms with Crippen LogP contribution in [-0.2, 0) is 12.4 Å². The molecule has 0 saturated carbocycles. The van der Waals surface area contributed by atoms with Crippen LogP contribution in [0.3, 0.4) is 0 Å². The minimum atomic E-state index is -4.81. The molecular formula is C16H15F6N. The number of hydrogen-bond acceptors (Lipinski definition) is 1. The molecule has 0 spiro atoms. The van der Waals surface area contributed by atoms with E-state index in [4.69, 9.17) is 0 Å². The van der Waals surface area contributed by atoms with E-state index in [0.717, 1.165) is 31.4 Å². The van der Waals surface area contributed by atoms with Gasteiger partial charge in [-0.15, -0.1) is 0 Å². The molecule has 2 atom stereocenters. The van der Waals surface area contributed by atoms with Crippen LogP contribution in [0.5, 0.6) is 0 Å². The second kappa shape index (κ2) is 5.54. The molecule has 23 heavy (non-hydrogen) atoms. The predicted octanol–water partition coefficient (Wildman–Crippen LogP) is 5.02. The highest BCUT2D eigenvalue weighted by molar-refractivity contribution is 5.69. The van der Waals surface area contributed by atoms with Crippen LogP contribution in [0.25, 0.3) is 5.57 Å². The molecule has 2 aliphatic heterocycles. The van der Waals surface area contributed by atoms with Crippen LogP contribution in [0, 0.1) is 0 Å². The van der Waals surface area contributed by atoms with Gasteiger partial charge >= 0.3 is 12.4 Å². The van der Waals surface area contributed by atoms with Crippen LogP contribution in [0.15, 0.2) is 24.3 Å². The lowest BCUT2D eigenvalue weighted by Gasteiger charge is -2.35. The summed E-state index contributed by atoms with van der Waals surface area (Å²) in [4.78, 5) is 0. The van der Waals surface area contributed by atoms with Crippen LogP contribution >= 0.6 is 0 Å². The molecule has 0 aromatic heterocycles. The lowest BCUT2D eigenvalue weighted by Crippen LogP contribution is -2.44. The maximum Gasteiger partial charge on any atom is 0.416 e. The first-order valence-electron chi connectivity index (χ1n) is 7.39. The molecule has 1 aromatic rings. The van der Waals surface area contributed by atoms with Gasteiger partial charge in [-0.1, -0.05) is 12.5 Å². The van der Waals surface area contributed by atoms with Crippen molar-refractivity contribution >= 4 is 5.57 Å². The third-order valence-corrected chi connectivity index (χ3v) is 4.34. The summed E-state index contributed by atoms with van der Waals surface area (Å²) in [7, 11) is 0. The van der Waals surface area contributed by atoms with Crippen molar-refractivity contribution in [3.63, 3.8) is 0 Å². The van der Waals surface area contributed by atoms with E-state index in [1.165, 1.54) is 0 Å². The first-order valence-corrected chi connectivity index (χ1v) is 7.39. The molecule has 7 heteroatoms. The number of piperidine rings is 1. The lowest BCUT2D eigenvalue weighted by atomic mass is 9.84. The highest BCUT2D eigenvalue weighted by atomic mass is 19.4. The van der Waals surface area contributed by atoms with E-state index in [2.05, 4.69) is 5.32 Å². The molecule has 0 aliphatic carbocycles. The summed E-state index contributed by atoms with van der Waals surface area (Å²) in [6, 6.07) is 1.97. The van der Waals surface area contributed by atoms with Crippen LogP contribution in [0.4, 0.5) is 26.3 Å². The van der Waals surface area contributed by atoms with Crippen molar-refractivity contribution in [1.29, 1.82) is 0 Å². The minimum absolute atomic E-state index is 0.0190. The Kier molecular flexibility index (Phi) is 3.94. The van der Waals surface area contributed by atoms with Gasteiger partial charge in [0.05, 0.1) is 11.1 Å². The maximum atomic E-state index is 12.9. The van der Waals surface area contributed by atoms with Gasteiger partial charge in [0.2, 0.25) is 0 Å². The molecule has 1 N–H and O–H groups in total. The van der Waals surface area contributed by atoms with Crippen molar-refractivity contribution in [1.82, 2.24) is 5.32 Å². The summed E-state index contributed by atoms with van der Waals surface area (Å²) in [5.41, 5.74) is -1.93. The van der Waals surface area contributed by atoms with Crippen LogP contribution in [0.1, 0.15) is 42.4 Å². The van der Waals surface area contributed by atoms with E-state index in [9.17, 15) is 26.3 Å². The van der Waals surface area contributed by atoms with E-state index < -0.39 is 23.5 Å². The quantitative estimate of drug-likeness (QED) is 0.711. The Bertz CT molecular complexity index is 596. The number of nitrogens with one attached hydrogen (secondary N) is 1. The average Bonchev–Trinajstić information content (AvgIpc) is 2.44. The van der Waals surface area contributed by atoms with Gasteiger partial charge in [0.15, 0.2) is 0 Å². The Morgan fingerprint density at radius 3 is 2.00 bits per heavy atom. The van der Waals surface area contributed by atoms with E-state index in [1.54, 1.807) is 6.08 Å². The summed E-state index contributed by atoms with van der Waals surface area (Å²) < 4.78 is 77.6. The van der Waals surface area contributed by atoms with Gasteiger partial charge in [-0.05, 0) is 48.6 Å². The third-order valence-electron chi connectivity index (χ3n) is 4.34. The molecular weight excluding hydrogens is 320 g/mol. The molecule has 3 rings (SSSR count). The van der Waals surface area contributed by atoms with Crippen LogP contribution in [0.2, 0.25) is 0 Å². The first kappa shape index (κ1) is 16.4. The Balaban J connectivity index is 2.06. The average molecular weight is 335 g/mol. The number of rotatable bonds is 1. The van der Waals surface area contributed by atoms with Crippen molar-refractivity contribution < 1.29 is 26.3 Å². The zero-order valence-corrected chi connectivity index (χ0v) is 12.1. The number of alkyl halides is 6. The molecule has 2 unspecified atom stereocenters. The monoisotopic (exact) mass is 335 g/mol. The van der Waals surface area contributed by atoms with E-state index in [0.29, 0.717) is 12.0 Å². The van der Waals surface area contributed by atoms with Crippen molar-refractivity contribution in [2.45, 2.75) is 50.1 Å². The largest absolute Gasteiger partial charge is 0.416 e. The van der Waals surface area contributed by atoms with Gasteiger partial charge in [-0.2, -0.15) is 26.3 Å². The molecule has 0 amide bonds. The SMILES string of the molecule is FC(F)(F)c1cc(C2=CC3CCCC(C2)N3)cc(C(F)(F)F)c1. The lowest BCUT2D eigenvalue weighted by molar-refractivity contribution is -0.143. The standard InChI is InChI=1S/C16H15F6N/c17-15(18,19)11-4-9(5-12(8-11)16(20,21)22)10-6-13-2-1-3-14(7-10)23-13/h4-6,8,13-14,23H,1-3,7H2. The number of benzene rings is 1. The highest BCUT2D eigenvalue weighted by Crippen LogP contribution is 2.39. The molecule has 1 aromatic carbocycles. The van der Waals surface area contributed by atoms with Crippen molar-refractivity contribution in [2.24, 2.45) is 0 Å². The number of fused-ring (bicyclic) bond motifs is 2. The zero-order valence-electron chi connectivity index (χ0n) is 12.1. The fraction of sp³-hybridized carbons (Fsp3) is 0.500. The fourth-order valence-electron chi connectivity index (χ4n) is 3.28. The molecule has 126 valence electrons. The summed E-state index contributed by atoms with van der Waals surface area (Å²) >= 11 is 0. The summed E-state index contributed by atoms with van der Waals surface area (Å²) in [5.74, 6) is 0. The van der Waals surface area contributed by atoms with Crippen LogP contribution < -0.4 is 5.32 Å². The fourth-order valence-corrected chi connectivity index (χ4v) is 3.28. The van der Waals surface area contributed by atoms with Gasteiger partial charge in [0, 0.05) is 12.1 Å². The zero-order chi connectivity index (χ0) is 16.8. The second-order valence-corrected chi connectivity index (χ2v) is 6.09. The summed E-state index contributed by atoms with van der Waals surface area (Å²) in [5, 5.41) is 3.32. The second-order valence-electron chi connectivity index (χ2n) is 6.09. The predicted molar refractivity (Wildman–Crippen MR) is 73.6 cm³/mol. The van der Waals surface area contributed by atoms with Crippen molar-refractivity contribution in [3.8, 4) is 0 Å². The molecule has 2 aliphatic rings. The molecule has 0 radical (unpaired) electrons. The Hall–Kier alpha value is -1.50. The van der Waals surface area contributed by atoms with E-state index in [-0.39, 0.29) is 23.7 Å². The van der Waals surface area contributed by atoms with Gasteiger partial charge in [-0.3, -0.25) is 0 Å². The molecule has 1 saturated heterocycles. The Morgan fingerprint density at radius 1 is 0.870 bits per heavy atom. The molecule has 1 fully saturated rings. The first-order chi connectivity index (χ1) is 10.6. The van der Waals surface area contributed by atoms with E-state index >= 15 is 0 Å². The Morgan fingerprint density at radius 2 is 1.48 bits per heavy atom. The normalized spacial score (nSPS) is 25.2. The smallest absolute Gasteiger partial charge is 0.307 e. The van der Waals surface area contributed by atoms with Crippen LogP contribution in [-0.4, -0.2) is 12.1 Å². The number of hydrogen-bond donors (Lipinski definition) is 1. The van der Waals surface area contributed by atoms with Gasteiger partial charge in [0.25, 0.3) is 0 Å². The maximum absolute atomic E-state index is 12.9. The van der Waals surface area contributed by atoms with Gasteiger partial charge < -0.3 is 5.32 Å². The summed E-state index contributed by atoms with van der Waals surface area (Å²) in [6.07, 6.45) is -4.63. The molecule has 2 heterocycles. The third kappa shape index (κ3) is 3.54. The Labute approximate surface area is 129 Å². The topological polar surface area (TPSA) is 12.0 Å². The van der Waals surface area contributed by atoms with E-state index in [1.807, 2.05) is 0 Å². The number of halogens is 6. The van der Waals surface area contributed by atoms with Gasteiger partial charge in [0.1, 0.15) is 0 Å². The highest BCUT2D eigenvalue weighted by Gasteiger charge is 2.37. The summed E-state index contributed by atoms with van der Waals surface area (Å²) in [6.45, 7) is 0. The minimum Gasteiger partial charge on any atom is -0.307 e. The molecule has 1 nitrogen and oxygen atoms in total. The van der Waals surface area contributed by atoms with Crippen molar-refractivity contribution in [3.05, 3.63) is 41.0 Å². The molecule has 2 bridgehead atoms.